The standard InChI is InChI=1S/C18H16F3N3O3S/c19-18(20,21)28-16-7-1-13(2-8-16)17(25)23-11-9-22(10-12-23)14-3-5-15(6-4-14)24(26)27/h1-8H,9-12H2. The number of amides is 1. The molecule has 1 amide bonds. The molecule has 1 heterocycles. The number of halogens is 3. The summed E-state index contributed by atoms with van der Waals surface area (Å²) < 4.78 is 37.1. The summed E-state index contributed by atoms with van der Waals surface area (Å²) >= 11 is -0.216. The fourth-order valence-corrected chi connectivity index (χ4v) is 3.47. The van der Waals surface area contributed by atoms with Crippen LogP contribution in [-0.2, 0) is 0 Å². The van der Waals surface area contributed by atoms with Crippen molar-refractivity contribution in [3.05, 3.63) is 64.2 Å². The molecule has 2 aromatic rings. The van der Waals surface area contributed by atoms with Gasteiger partial charge in [0.2, 0.25) is 0 Å². The summed E-state index contributed by atoms with van der Waals surface area (Å²) in [5.74, 6) is -0.230. The number of rotatable bonds is 4. The van der Waals surface area contributed by atoms with Crippen LogP contribution in [0.1, 0.15) is 10.4 Å². The van der Waals surface area contributed by atoms with Crippen molar-refractivity contribution in [2.75, 3.05) is 31.1 Å². The second kappa shape index (κ2) is 8.09. The van der Waals surface area contributed by atoms with Crippen LogP contribution in [0.3, 0.4) is 0 Å². The van der Waals surface area contributed by atoms with E-state index in [-0.39, 0.29) is 28.3 Å². The predicted molar refractivity (Wildman–Crippen MR) is 99.6 cm³/mol. The van der Waals surface area contributed by atoms with Gasteiger partial charge in [0.1, 0.15) is 0 Å². The van der Waals surface area contributed by atoms with E-state index >= 15 is 0 Å². The zero-order chi connectivity index (χ0) is 20.3. The number of non-ortho nitro benzene ring substituents is 1. The van der Waals surface area contributed by atoms with Gasteiger partial charge in [0.15, 0.2) is 0 Å². The van der Waals surface area contributed by atoms with Crippen LogP contribution in [0.2, 0.25) is 0 Å². The third-order valence-electron chi connectivity index (χ3n) is 4.33. The molecule has 0 saturated carbocycles. The Hall–Kier alpha value is -2.75. The number of piperazine rings is 1. The minimum Gasteiger partial charge on any atom is -0.368 e. The predicted octanol–water partition coefficient (Wildman–Crippen LogP) is 4.17. The fourth-order valence-electron chi connectivity index (χ4n) is 2.93. The molecule has 0 unspecified atom stereocenters. The summed E-state index contributed by atoms with van der Waals surface area (Å²) in [7, 11) is 0. The molecule has 28 heavy (non-hydrogen) atoms. The molecule has 6 nitrogen and oxygen atoms in total. The minimum absolute atomic E-state index is 0.0182. The van der Waals surface area contributed by atoms with Gasteiger partial charge in [0.05, 0.1) is 4.92 Å². The van der Waals surface area contributed by atoms with Crippen LogP contribution >= 0.6 is 11.8 Å². The van der Waals surface area contributed by atoms with Crippen molar-refractivity contribution in [1.82, 2.24) is 4.90 Å². The molecule has 0 N–H and O–H groups in total. The number of nitrogens with zero attached hydrogens (tertiary/aromatic N) is 3. The van der Waals surface area contributed by atoms with E-state index in [9.17, 15) is 28.1 Å². The van der Waals surface area contributed by atoms with Gasteiger partial charge in [-0.3, -0.25) is 14.9 Å². The lowest BCUT2D eigenvalue weighted by molar-refractivity contribution is -0.384. The van der Waals surface area contributed by atoms with Gasteiger partial charge in [-0.15, -0.1) is 0 Å². The number of benzene rings is 2. The van der Waals surface area contributed by atoms with Crippen molar-refractivity contribution < 1.29 is 22.9 Å². The van der Waals surface area contributed by atoms with Gasteiger partial charge < -0.3 is 9.80 Å². The molecular weight excluding hydrogens is 395 g/mol. The third kappa shape index (κ3) is 4.94. The quantitative estimate of drug-likeness (QED) is 0.429. The summed E-state index contributed by atoms with van der Waals surface area (Å²) in [5.41, 5.74) is -3.16. The normalized spacial score (nSPS) is 14.8. The Morgan fingerprint density at radius 3 is 2.04 bits per heavy atom. The second-order valence-corrected chi connectivity index (χ2v) is 7.26. The smallest absolute Gasteiger partial charge is 0.368 e. The Balaban J connectivity index is 1.58. The highest BCUT2D eigenvalue weighted by molar-refractivity contribution is 8.00. The van der Waals surface area contributed by atoms with Crippen molar-refractivity contribution >= 4 is 29.0 Å². The van der Waals surface area contributed by atoms with Crippen LogP contribution < -0.4 is 4.90 Å². The lowest BCUT2D eigenvalue weighted by atomic mass is 10.1. The third-order valence-corrected chi connectivity index (χ3v) is 5.07. The molecule has 0 atom stereocenters. The number of alkyl halides is 3. The van der Waals surface area contributed by atoms with E-state index in [0.717, 1.165) is 5.69 Å². The number of thioether (sulfide) groups is 1. The monoisotopic (exact) mass is 411 g/mol. The van der Waals surface area contributed by atoms with Crippen LogP contribution in [0.15, 0.2) is 53.4 Å². The van der Waals surface area contributed by atoms with E-state index in [0.29, 0.717) is 31.7 Å². The van der Waals surface area contributed by atoms with Gasteiger partial charge >= 0.3 is 5.51 Å². The van der Waals surface area contributed by atoms with Crippen molar-refractivity contribution in [1.29, 1.82) is 0 Å². The maximum absolute atomic E-state index is 12.6. The Morgan fingerprint density at radius 2 is 1.54 bits per heavy atom. The molecule has 10 heteroatoms. The number of carbonyl (C=O) groups excluding carboxylic acids is 1. The minimum atomic E-state index is -4.36. The number of anilines is 1. The molecule has 0 aromatic heterocycles. The first-order valence-electron chi connectivity index (χ1n) is 8.37. The van der Waals surface area contributed by atoms with E-state index in [1.165, 1.54) is 36.4 Å². The van der Waals surface area contributed by atoms with E-state index in [1.807, 2.05) is 4.90 Å². The first-order chi connectivity index (χ1) is 13.2. The van der Waals surface area contributed by atoms with Gasteiger partial charge in [-0.05, 0) is 48.2 Å². The zero-order valence-corrected chi connectivity index (χ0v) is 15.4. The molecule has 0 spiro atoms. The highest BCUT2D eigenvalue weighted by Gasteiger charge is 2.29. The van der Waals surface area contributed by atoms with E-state index in [2.05, 4.69) is 0 Å². The molecule has 2 aromatic carbocycles. The van der Waals surface area contributed by atoms with E-state index in [1.54, 1.807) is 17.0 Å². The van der Waals surface area contributed by atoms with Crippen molar-refractivity contribution in [2.24, 2.45) is 0 Å². The molecule has 1 aliphatic heterocycles. The Bertz CT molecular complexity index is 849. The topological polar surface area (TPSA) is 66.7 Å². The van der Waals surface area contributed by atoms with Gasteiger partial charge in [0, 0.05) is 54.5 Å². The molecule has 0 aliphatic carbocycles. The number of nitro benzene ring substituents is 1. The highest BCUT2D eigenvalue weighted by atomic mass is 32.2. The van der Waals surface area contributed by atoms with Crippen LogP contribution in [0, 0.1) is 10.1 Å². The summed E-state index contributed by atoms with van der Waals surface area (Å²) in [4.78, 5) is 26.5. The van der Waals surface area contributed by atoms with E-state index < -0.39 is 10.4 Å². The lowest BCUT2D eigenvalue weighted by Crippen LogP contribution is -2.48. The van der Waals surface area contributed by atoms with Crippen molar-refractivity contribution in [2.45, 2.75) is 10.4 Å². The summed E-state index contributed by atoms with van der Waals surface area (Å²) in [6.45, 7) is 2.03. The molecule has 0 radical (unpaired) electrons. The SMILES string of the molecule is O=C(c1ccc(SC(F)(F)F)cc1)N1CCN(c2ccc([N+](=O)[O-])cc2)CC1. The van der Waals surface area contributed by atoms with Crippen LogP contribution in [0.4, 0.5) is 24.5 Å². The summed E-state index contributed by atoms with van der Waals surface area (Å²) in [6, 6.07) is 11.6. The van der Waals surface area contributed by atoms with Gasteiger partial charge in [-0.25, -0.2) is 0 Å². The second-order valence-electron chi connectivity index (χ2n) is 6.12. The lowest BCUT2D eigenvalue weighted by Gasteiger charge is -2.36. The first-order valence-corrected chi connectivity index (χ1v) is 9.19. The van der Waals surface area contributed by atoms with Crippen molar-refractivity contribution in [3.63, 3.8) is 0 Å². The first kappa shape index (κ1) is 20.0. The molecule has 0 bridgehead atoms. The van der Waals surface area contributed by atoms with Gasteiger partial charge in [-0.1, -0.05) is 0 Å². The van der Waals surface area contributed by atoms with Crippen molar-refractivity contribution in [3.8, 4) is 0 Å². The molecule has 3 rings (SSSR count). The van der Waals surface area contributed by atoms with Crippen LogP contribution in [-0.4, -0.2) is 47.4 Å². The zero-order valence-electron chi connectivity index (χ0n) is 14.6. The molecule has 148 valence electrons. The Kier molecular flexibility index (Phi) is 5.78. The maximum atomic E-state index is 12.6. The molecular formula is C18H16F3N3O3S. The molecule has 1 saturated heterocycles. The van der Waals surface area contributed by atoms with Crippen LogP contribution in [0.5, 0.6) is 0 Å². The van der Waals surface area contributed by atoms with Crippen LogP contribution in [0.25, 0.3) is 0 Å². The fraction of sp³-hybridized carbons (Fsp3) is 0.278. The average Bonchev–Trinajstić information content (AvgIpc) is 2.67. The largest absolute Gasteiger partial charge is 0.446 e. The molecule has 1 fully saturated rings. The number of hydrogen-bond donors (Lipinski definition) is 0. The van der Waals surface area contributed by atoms with Gasteiger partial charge in [0.25, 0.3) is 11.6 Å². The maximum Gasteiger partial charge on any atom is 0.446 e. The average molecular weight is 411 g/mol. The van der Waals surface area contributed by atoms with Gasteiger partial charge in [-0.2, -0.15) is 13.2 Å². The number of hydrogen-bond acceptors (Lipinski definition) is 5. The van der Waals surface area contributed by atoms with E-state index in [4.69, 9.17) is 0 Å². The molecule has 1 aliphatic rings. The number of nitro groups is 1. The highest BCUT2D eigenvalue weighted by Crippen LogP contribution is 2.36. The number of carbonyl (C=O) groups is 1. The Labute approximate surface area is 163 Å². The summed E-state index contributed by atoms with van der Waals surface area (Å²) in [6.07, 6.45) is 0. The summed E-state index contributed by atoms with van der Waals surface area (Å²) in [5, 5.41) is 10.7. The Morgan fingerprint density at radius 1 is 0.964 bits per heavy atom.